The summed E-state index contributed by atoms with van der Waals surface area (Å²) >= 11 is 0. The van der Waals surface area contributed by atoms with E-state index in [1.165, 1.54) is 6.20 Å². The average Bonchev–Trinajstić information content (AvgIpc) is 2.27. The Hall–Kier alpha value is -1.91. The molecule has 0 saturated heterocycles. The zero-order valence-electron chi connectivity index (χ0n) is 9.32. The number of nitrogens with one attached hydrogen (secondary N) is 1. The van der Waals surface area contributed by atoms with Crippen LogP contribution in [0, 0.1) is 6.92 Å². The molecule has 0 bridgehead atoms. The topological polar surface area (TPSA) is 68.3 Å². The van der Waals surface area contributed by atoms with Crippen molar-refractivity contribution in [2.24, 2.45) is 0 Å². The Kier molecular flexibility index (Phi) is 4.44. The van der Waals surface area contributed by atoms with E-state index in [0.717, 1.165) is 5.56 Å². The van der Waals surface area contributed by atoms with E-state index in [2.05, 4.69) is 15.0 Å². The Morgan fingerprint density at radius 3 is 2.88 bits per heavy atom. The minimum absolute atomic E-state index is 0.136. The lowest BCUT2D eigenvalue weighted by atomic mass is 10.2. The van der Waals surface area contributed by atoms with Crippen LogP contribution in [-0.4, -0.2) is 30.0 Å². The molecule has 0 aliphatic heterocycles. The molecule has 0 saturated carbocycles. The molecule has 1 amide bonds. The van der Waals surface area contributed by atoms with Gasteiger partial charge < -0.3 is 10.1 Å². The number of nitrogens with zero attached hydrogens (tertiary/aromatic N) is 1. The summed E-state index contributed by atoms with van der Waals surface area (Å²) in [5.74, 6) is -0.824. The maximum absolute atomic E-state index is 11.6. The van der Waals surface area contributed by atoms with Crippen LogP contribution in [0.2, 0.25) is 0 Å². The predicted molar refractivity (Wildman–Crippen MR) is 57.9 cm³/mol. The number of amides is 1. The van der Waals surface area contributed by atoms with Gasteiger partial charge in [0.25, 0.3) is 5.91 Å². The van der Waals surface area contributed by atoms with Crippen molar-refractivity contribution in [3.05, 3.63) is 29.6 Å². The van der Waals surface area contributed by atoms with E-state index in [-0.39, 0.29) is 12.5 Å². The molecule has 0 atom stereocenters. The second kappa shape index (κ2) is 5.85. The summed E-state index contributed by atoms with van der Waals surface area (Å²) in [4.78, 5) is 26.5. The van der Waals surface area contributed by atoms with Crippen LogP contribution >= 0.6 is 0 Å². The van der Waals surface area contributed by atoms with E-state index in [4.69, 9.17) is 0 Å². The van der Waals surface area contributed by atoms with Crippen molar-refractivity contribution in [3.63, 3.8) is 0 Å². The highest BCUT2D eigenvalue weighted by Gasteiger charge is 2.11. The zero-order chi connectivity index (χ0) is 12.0. The van der Waals surface area contributed by atoms with Gasteiger partial charge in [-0.25, -0.2) is 0 Å². The summed E-state index contributed by atoms with van der Waals surface area (Å²) in [7, 11) is 0. The van der Waals surface area contributed by atoms with Gasteiger partial charge in [-0.3, -0.25) is 14.6 Å². The summed E-state index contributed by atoms with van der Waals surface area (Å²) in [6, 6.07) is 3.53. The van der Waals surface area contributed by atoms with Crippen molar-refractivity contribution < 1.29 is 14.3 Å². The van der Waals surface area contributed by atoms with E-state index in [1.807, 2.05) is 0 Å². The minimum atomic E-state index is -0.454. The molecule has 1 heterocycles. The molecular weight excluding hydrogens is 208 g/mol. The van der Waals surface area contributed by atoms with Crippen molar-refractivity contribution >= 4 is 11.9 Å². The third kappa shape index (κ3) is 3.34. The molecule has 1 rings (SSSR count). The number of aromatic nitrogens is 1. The Balaban J connectivity index is 2.54. The summed E-state index contributed by atoms with van der Waals surface area (Å²) in [6.45, 7) is 3.66. The fourth-order valence-corrected chi connectivity index (χ4v) is 1.17. The number of ether oxygens (including phenoxy) is 1. The smallest absolute Gasteiger partial charge is 0.325 e. The fraction of sp³-hybridized carbons (Fsp3) is 0.364. The van der Waals surface area contributed by atoms with Gasteiger partial charge in [-0.2, -0.15) is 0 Å². The monoisotopic (exact) mass is 222 g/mol. The molecule has 86 valence electrons. The molecule has 0 aliphatic carbocycles. The summed E-state index contributed by atoms with van der Waals surface area (Å²) in [5.41, 5.74) is 1.09. The van der Waals surface area contributed by atoms with Gasteiger partial charge in [0.15, 0.2) is 0 Å². The second-order valence-corrected chi connectivity index (χ2v) is 3.16. The van der Waals surface area contributed by atoms with Crippen LogP contribution in [0.3, 0.4) is 0 Å². The number of hydrogen-bond donors (Lipinski definition) is 1. The molecular formula is C11H14N2O3. The predicted octanol–water partition coefficient (Wildman–Crippen LogP) is 0.683. The number of carbonyl (C=O) groups is 2. The van der Waals surface area contributed by atoms with Crippen LogP contribution in [0.1, 0.15) is 23.0 Å². The SMILES string of the molecule is CCOC(=O)CNC(=O)c1ncccc1C. The van der Waals surface area contributed by atoms with E-state index in [1.54, 1.807) is 26.0 Å². The summed E-state index contributed by atoms with van der Waals surface area (Å²) in [6.07, 6.45) is 1.53. The fourth-order valence-electron chi connectivity index (χ4n) is 1.17. The number of rotatable bonds is 4. The Labute approximate surface area is 93.8 Å². The molecule has 0 aromatic carbocycles. The molecule has 5 heteroatoms. The molecule has 0 aliphatic rings. The quantitative estimate of drug-likeness (QED) is 0.761. The number of esters is 1. The Bertz CT molecular complexity index is 391. The highest BCUT2D eigenvalue weighted by atomic mass is 16.5. The summed E-state index contributed by atoms with van der Waals surface area (Å²) in [5, 5.41) is 2.45. The first kappa shape index (κ1) is 12.2. The molecule has 5 nitrogen and oxygen atoms in total. The molecule has 1 aromatic heterocycles. The number of carbonyl (C=O) groups excluding carboxylic acids is 2. The van der Waals surface area contributed by atoms with E-state index in [0.29, 0.717) is 12.3 Å². The van der Waals surface area contributed by atoms with Crippen molar-refractivity contribution in [3.8, 4) is 0 Å². The maximum Gasteiger partial charge on any atom is 0.325 e. The van der Waals surface area contributed by atoms with Crippen LogP contribution in [-0.2, 0) is 9.53 Å². The van der Waals surface area contributed by atoms with Crippen molar-refractivity contribution in [2.45, 2.75) is 13.8 Å². The second-order valence-electron chi connectivity index (χ2n) is 3.16. The lowest BCUT2D eigenvalue weighted by Crippen LogP contribution is -2.31. The highest BCUT2D eigenvalue weighted by Crippen LogP contribution is 2.02. The maximum atomic E-state index is 11.6. The van der Waals surface area contributed by atoms with Gasteiger partial charge in [0.1, 0.15) is 12.2 Å². The van der Waals surface area contributed by atoms with Crippen LogP contribution in [0.15, 0.2) is 18.3 Å². The van der Waals surface area contributed by atoms with Gasteiger partial charge in [-0.1, -0.05) is 6.07 Å². The van der Waals surface area contributed by atoms with Crippen molar-refractivity contribution in [2.75, 3.05) is 13.2 Å². The van der Waals surface area contributed by atoms with E-state index < -0.39 is 5.97 Å². The third-order valence-electron chi connectivity index (χ3n) is 1.92. The van der Waals surface area contributed by atoms with Gasteiger partial charge in [-0.05, 0) is 25.5 Å². The molecule has 0 spiro atoms. The number of hydrogen-bond acceptors (Lipinski definition) is 4. The standard InChI is InChI=1S/C11H14N2O3/c1-3-16-9(14)7-13-11(15)10-8(2)5-4-6-12-10/h4-6H,3,7H2,1-2H3,(H,13,15). The van der Waals surface area contributed by atoms with Crippen molar-refractivity contribution in [1.82, 2.24) is 10.3 Å². The molecule has 0 unspecified atom stereocenters. The first-order valence-corrected chi connectivity index (χ1v) is 5.00. The van der Waals surface area contributed by atoms with Gasteiger partial charge in [-0.15, -0.1) is 0 Å². The third-order valence-corrected chi connectivity index (χ3v) is 1.92. The molecule has 1 N–H and O–H groups in total. The van der Waals surface area contributed by atoms with Gasteiger partial charge in [0.2, 0.25) is 0 Å². The first-order valence-electron chi connectivity index (χ1n) is 5.00. The average molecular weight is 222 g/mol. The molecule has 0 radical (unpaired) electrons. The largest absolute Gasteiger partial charge is 0.465 e. The zero-order valence-corrected chi connectivity index (χ0v) is 9.32. The van der Waals surface area contributed by atoms with Crippen LogP contribution in [0.5, 0.6) is 0 Å². The summed E-state index contributed by atoms with van der Waals surface area (Å²) < 4.78 is 4.68. The molecule has 0 fully saturated rings. The van der Waals surface area contributed by atoms with Gasteiger partial charge in [0.05, 0.1) is 6.61 Å². The van der Waals surface area contributed by atoms with Crippen LogP contribution in [0.25, 0.3) is 0 Å². The van der Waals surface area contributed by atoms with E-state index >= 15 is 0 Å². The number of aryl methyl sites for hydroxylation is 1. The van der Waals surface area contributed by atoms with E-state index in [9.17, 15) is 9.59 Å². The lowest BCUT2D eigenvalue weighted by Gasteiger charge is -2.05. The number of pyridine rings is 1. The lowest BCUT2D eigenvalue weighted by molar-refractivity contribution is -0.141. The van der Waals surface area contributed by atoms with Crippen LogP contribution in [0.4, 0.5) is 0 Å². The Morgan fingerprint density at radius 2 is 2.25 bits per heavy atom. The Morgan fingerprint density at radius 1 is 1.50 bits per heavy atom. The van der Waals surface area contributed by atoms with Gasteiger partial charge in [0, 0.05) is 6.20 Å². The molecule has 16 heavy (non-hydrogen) atoms. The van der Waals surface area contributed by atoms with Crippen molar-refractivity contribution in [1.29, 1.82) is 0 Å². The first-order chi connectivity index (χ1) is 7.65. The van der Waals surface area contributed by atoms with Gasteiger partial charge >= 0.3 is 5.97 Å². The normalized spacial score (nSPS) is 9.62. The minimum Gasteiger partial charge on any atom is -0.465 e. The molecule has 1 aromatic rings. The highest BCUT2D eigenvalue weighted by molar-refractivity contribution is 5.95. The van der Waals surface area contributed by atoms with Crippen LogP contribution < -0.4 is 5.32 Å².